The van der Waals surface area contributed by atoms with Gasteiger partial charge in [0.25, 0.3) is 5.91 Å². The predicted octanol–water partition coefficient (Wildman–Crippen LogP) is 3.07. The van der Waals surface area contributed by atoms with Crippen molar-refractivity contribution >= 4 is 23.8 Å². The van der Waals surface area contributed by atoms with Crippen LogP contribution in [0.3, 0.4) is 0 Å². The standard InChI is InChI=1S/C26H34FN5O3/c1-6-32-11-7-8-22(32)31(5)26(4,14-33)30-25(35)23-15(2)21(28-16(23)3)13-19-18-12-17(27)9-10-20(18)29-24(19)34/h9-10,12,14,19,22,28H,6-8,11,13H2,1-5H3,(H,29,34)(H,30,35). The van der Waals surface area contributed by atoms with E-state index in [1.807, 2.05) is 18.9 Å². The van der Waals surface area contributed by atoms with Crippen molar-refractivity contribution in [1.29, 1.82) is 0 Å². The number of carbonyl (C=O) groups excluding carboxylic acids is 3. The van der Waals surface area contributed by atoms with Gasteiger partial charge in [-0.3, -0.25) is 24.2 Å². The van der Waals surface area contributed by atoms with Crippen LogP contribution in [0, 0.1) is 19.7 Å². The zero-order valence-corrected chi connectivity index (χ0v) is 21.0. The summed E-state index contributed by atoms with van der Waals surface area (Å²) in [6.07, 6.45) is 3.14. The van der Waals surface area contributed by atoms with Gasteiger partial charge in [0.15, 0.2) is 6.29 Å². The fraction of sp³-hybridized carbons (Fsp3) is 0.500. The maximum atomic E-state index is 13.8. The number of aromatic nitrogens is 1. The Bertz CT molecular complexity index is 1160. The molecule has 0 saturated carbocycles. The Kier molecular flexibility index (Phi) is 6.83. The van der Waals surface area contributed by atoms with Crippen molar-refractivity contribution < 1.29 is 18.8 Å². The van der Waals surface area contributed by atoms with Gasteiger partial charge in [0, 0.05) is 23.5 Å². The summed E-state index contributed by atoms with van der Waals surface area (Å²) < 4.78 is 13.8. The predicted molar refractivity (Wildman–Crippen MR) is 132 cm³/mol. The number of aryl methyl sites for hydroxylation is 1. The third-order valence-electron chi connectivity index (χ3n) is 7.65. The Labute approximate surface area is 205 Å². The first-order valence-corrected chi connectivity index (χ1v) is 12.1. The Morgan fingerprint density at radius 3 is 2.80 bits per heavy atom. The number of H-pyrrole nitrogens is 1. The lowest BCUT2D eigenvalue weighted by molar-refractivity contribution is -0.122. The molecule has 3 N–H and O–H groups in total. The molecule has 2 aromatic rings. The molecule has 0 spiro atoms. The number of amides is 2. The SMILES string of the molecule is CCN1CCCC1N(C)C(C)(C=O)NC(=O)c1c(C)[nH]c(CC2C(=O)Nc3ccc(F)cc32)c1C. The Morgan fingerprint density at radius 1 is 1.37 bits per heavy atom. The molecule has 3 unspecified atom stereocenters. The Morgan fingerprint density at radius 2 is 2.11 bits per heavy atom. The van der Waals surface area contributed by atoms with Crippen LogP contribution in [-0.2, 0) is 16.0 Å². The molecule has 3 heterocycles. The van der Waals surface area contributed by atoms with Gasteiger partial charge in [-0.1, -0.05) is 6.92 Å². The van der Waals surface area contributed by atoms with Gasteiger partial charge in [-0.25, -0.2) is 4.39 Å². The third kappa shape index (κ3) is 4.50. The first-order chi connectivity index (χ1) is 16.6. The maximum absolute atomic E-state index is 13.8. The summed E-state index contributed by atoms with van der Waals surface area (Å²) in [5.41, 5.74) is 2.59. The molecule has 0 aliphatic carbocycles. The molecule has 0 bridgehead atoms. The first kappa shape index (κ1) is 25.1. The molecular formula is C26H34FN5O3. The monoisotopic (exact) mass is 483 g/mol. The lowest BCUT2D eigenvalue weighted by Crippen LogP contribution is -2.63. The van der Waals surface area contributed by atoms with Gasteiger partial charge < -0.3 is 15.6 Å². The van der Waals surface area contributed by atoms with Crippen LogP contribution in [-0.4, -0.2) is 64.9 Å². The summed E-state index contributed by atoms with van der Waals surface area (Å²) in [6.45, 7) is 9.27. The number of aldehydes is 1. The summed E-state index contributed by atoms with van der Waals surface area (Å²) in [4.78, 5) is 45.7. The average Bonchev–Trinajstić information content (AvgIpc) is 3.49. The summed E-state index contributed by atoms with van der Waals surface area (Å²) in [5.74, 6) is -1.50. The number of likely N-dealkylation sites (N-methyl/N-ethyl adjacent to an activating group) is 1. The average molecular weight is 484 g/mol. The number of nitrogens with one attached hydrogen (secondary N) is 3. The smallest absolute Gasteiger partial charge is 0.255 e. The van der Waals surface area contributed by atoms with Crippen LogP contribution < -0.4 is 10.6 Å². The fourth-order valence-corrected chi connectivity index (χ4v) is 5.48. The second kappa shape index (κ2) is 9.54. The summed E-state index contributed by atoms with van der Waals surface area (Å²) in [6, 6.07) is 4.26. The van der Waals surface area contributed by atoms with E-state index < -0.39 is 17.4 Å². The molecule has 1 aromatic heterocycles. The molecule has 2 aliphatic rings. The van der Waals surface area contributed by atoms with Crippen LogP contribution in [0.25, 0.3) is 0 Å². The van der Waals surface area contributed by atoms with Crippen LogP contribution >= 0.6 is 0 Å². The number of likely N-dealkylation sites (tertiary alicyclic amines) is 1. The van der Waals surface area contributed by atoms with E-state index in [-0.39, 0.29) is 18.0 Å². The molecule has 188 valence electrons. The lowest BCUT2D eigenvalue weighted by atomic mass is 9.94. The largest absolute Gasteiger partial charge is 0.362 e. The summed E-state index contributed by atoms with van der Waals surface area (Å²) in [7, 11) is 1.87. The zero-order chi connectivity index (χ0) is 25.5. The number of aromatic amines is 1. The molecule has 1 aromatic carbocycles. The van der Waals surface area contributed by atoms with E-state index in [2.05, 4.69) is 27.4 Å². The molecule has 0 radical (unpaired) electrons. The molecule has 2 amide bonds. The minimum Gasteiger partial charge on any atom is -0.362 e. The maximum Gasteiger partial charge on any atom is 0.255 e. The summed E-state index contributed by atoms with van der Waals surface area (Å²) in [5, 5.41) is 5.74. The highest BCUT2D eigenvalue weighted by Gasteiger charge is 2.40. The van der Waals surface area contributed by atoms with Crippen molar-refractivity contribution in [2.45, 2.75) is 64.7 Å². The van der Waals surface area contributed by atoms with Crippen molar-refractivity contribution in [1.82, 2.24) is 20.1 Å². The van der Waals surface area contributed by atoms with Crippen LogP contribution in [0.1, 0.15) is 65.5 Å². The molecule has 4 rings (SSSR count). The normalized spacial score (nSPS) is 21.6. The highest BCUT2D eigenvalue weighted by molar-refractivity contribution is 6.03. The molecule has 8 nitrogen and oxygen atoms in total. The second-order valence-electron chi connectivity index (χ2n) is 9.79. The van der Waals surface area contributed by atoms with Gasteiger partial charge in [-0.15, -0.1) is 0 Å². The highest BCUT2D eigenvalue weighted by Crippen LogP contribution is 2.36. The second-order valence-corrected chi connectivity index (χ2v) is 9.79. The van der Waals surface area contributed by atoms with E-state index in [1.54, 1.807) is 19.9 Å². The van der Waals surface area contributed by atoms with Crippen molar-refractivity contribution in [2.24, 2.45) is 0 Å². The molecule has 35 heavy (non-hydrogen) atoms. The first-order valence-electron chi connectivity index (χ1n) is 12.1. The lowest BCUT2D eigenvalue weighted by Gasteiger charge is -2.42. The van der Waals surface area contributed by atoms with Crippen molar-refractivity contribution in [3.8, 4) is 0 Å². The number of halogens is 1. The number of hydrogen-bond acceptors (Lipinski definition) is 5. The van der Waals surface area contributed by atoms with Gasteiger partial charge in [0.1, 0.15) is 11.5 Å². The number of rotatable bonds is 8. The van der Waals surface area contributed by atoms with Crippen LogP contribution in [0.5, 0.6) is 0 Å². The minimum absolute atomic E-state index is 0.0702. The number of fused-ring (bicyclic) bond motifs is 1. The molecule has 3 atom stereocenters. The van der Waals surface area contributed by atoms with Crippen LogP contribution in [0.2, 0.25) is 0 Å². The van der Waals surface area contributed by atoms with Gasteiger partial charge in [0.05, 0.1) is 17.6 Å². The molecule has 1 fully saturated rings. The van der Waals surface area contributed by atoms with Crippen molar-refractivity contribution in [3.05, 3.63) is 52.1 Å². The quantitative estimate of drug-likeness (QED) is 0.396. The Balaban J connectivity index is 1.56. The van der Waals surface area contributed by atoms with Gasteiger partial charge in [0.2, 0.25) is 5.91 Å². The third-order valence-corrected chi connectivity index (χ3v) is 7.65. The summed E-state index contributed by atoms with van der Waals surface area (Å²) >= 11 is 0. The zero-order valence-electron chi connectivity index (χ0n) is 21.0. The fourth-order valence-electron chi connectivity index (χ4n) is 5.48. The number of benzene rings is 1. The number of nitrogens with zero attached hydrogens (tertiary/aromatic N) is 2. The van der Waals surface area contributed by atoms with E-state index in [0.29, 0.717) is 34.5 Å². The highest BCUT2D eigenvalue weighted by atomic mass is 19.1. The van der Waals surface area contributed by atoms with Crippen LogP contribution in [0.15, 0.2) is 18.2 Å². The van der Waals surface area contributed by atoms with Gasteiger partial charge in [-0.2, -0.15) is 0 Å². The van der Waals surface area contributed by atoms with Crippen molar-refractivity contribution in [3.63, 3.8) is 0 Å². The minimum atomic E-state index is -1.18. The van der Waals surface area contributed by atoms with E-state index in [4.69, 9.17) is 0 Å². The van der Waals surface area contributed by atoms with Crippen LogP contribution in [0.4, 0.5) is 10.1 Å². The van der Waals surface area contributed by atoms with E-state index >= 15 is 0 Å². The molecule has 1 saturated heterocycles. The van der Waals surface area contributed by atoms with Crippen molar-refractivity contribution in [2.75, 3.05) is 25.5 Å². The Hall–Kier alpha value is -3.04. The van der Waals surface area contributed by atoms with E-state index in [9.17, 15) is 18.8 Å². The number of carbonyl (C=O) groups is 3. The number of anilines is 1. The van der Waals surface area contributed by atoms with Gasteiger partial charge >= 0.3 is 0 Å². The van der Waals surface area contributed by atoms with E-state index in [1.165, 1.54) is 12.1 Å². The topological polar surface area (TPSA) is 97.5 Å². The number of hydrogen-bond donors (Lipinski definition) is 3. The molecular weight excluding hydrogens is 449 g/mol. The van der Waals surface area contributed by atoms with Gasteiger partial charge in [-0.05, 0) is 83.1 Å². The molecule has 9 heteroatoms. The molecule has 2 aliphatic heterocycles. The van der Waals surface area contributed by atoms with E-state index in [0.717, 1.165) is 37.9 Å².